The van der Waals surface area contributed by atoms with E-state index < -0.39 is 10.0 Å². The molecule has 2 aromatic carbocycles. The van der Waals surface area contributed by atoms with Crippen molar-refractivity contribution in [2.45, 2.75) is 43.9 Å². The fraction of sp³-hybridized carbons (Fsp3) is 0.429. The third kappa shape index (κ3) is 4.82. The molecule has 2 aromatic rings. The Bertz CT molecular complexity index is 877. The summed E-state index contributed by atoms with van der Waals surface area (Å²) in [7, 11) is -2.10. The standard InChI is InChI=1S/C21H28N2O3S/c1-3-4-5-16-6-8-19(9-7-16)27(24,25)23-20-14-17-10-12-22-13-11-18(17)15-21(20)26-2/h6-9,14-15,22-23H,3-5,10-13H2,1-2H3. The van der Waals surface area contributed by atoms with Crippen LogP contribution < -0.4 is 14.8 Å². The Morgan fingerprint density at radius 1 is 1.07 bits per heavy atom. The molecule has 0 spiro atoms. The summed E-state index contributed by atoms with van der Waals surface area (Å²) in [6.45, 7) is 3.96. The van der Waals surface area contributed by atoms with Crippen molar-refractivity contribution in [3.8, 4) is 5.75 Å². The van der Waals surface area contributed by atoms with Crippen LogP contribution in [0.5, 0.6) is 5.75 Å². The summed E-state index contributed by atoms with van der Waals surface area (Å²) >= 11 is 0. The molecule has 0 unspecified atom stereocenters. The first kappa shape index (κ1) is 19.7. The van der Waals surface area contributed by atoms with Gasteiger partial charge in [-0.2, -0.15) is 0 Å². The molecule has 1 heterocycles. The van der Waals surface area contributed by atoms with E-state index in [0.29, 0.717) is 11.4 Å². The summed E-state index contributed by atoms with van der Waals surface area (Å²) in [5.74, 6) is 0.554. The van der Waals surface area contributed by atoms with Crippen LogP contribution in [0.4, 0.5) is 5.69 Å². The number of unbranched alkanes of at least 4 members (excludes halogenated alkanes) is 1. The zero-order valence-corrected chi connectivity index (χ0v) is 16.9. The van der Waals surface area contributed by atoms with Gasteiger partial charge in [0.2, 0.25) is 0 Å². The van der Waals surface area contributed by atoms with Gasteiger partial charge in [-0.05, 0) is 79.7 Å². The Morgan fingerprint density at radius 3 is 2.37 bits per heavy atom. The number of aryl methyl sites for hydroxylation is 1. The Labute approximate surface area is 162 Å². The van der Waals surface area contributed by atoms with E-state index in [1.54, 1.807) is 19.2 Å². The fourth-order valence-electron chi connectivity index (χ4n) is 3.37. The first-order valence-corrected chi connectivity index (χ1v) is 11.0. The van der Waals surface area contributed by atoms with Crippen molar-refractivity contribution in [1.29, 1.82) is 0 Å². The Morgan fingerprint density at radius 2 is 1.74 bits per heavy atom. The third-order valence-corrected chi connectivity index (χ3v) is 6.34. The number of hydrogen-bond acceptors (Lipinski definition) is 4. The first-order valence-electron chi connectivity index (χ1n) is 9.55. The van der Waals surface area contributed by atoms with E-state index >= 15 is 0 Å². The second kappa shape index (κ2) is 8.76. The van der Waals surface area contributed by atoms with Crippen LogP contribution in [0.25, 0.3) is 0 Å². The van der Waals surface area contributed by atoms with Crippen molar-refractivity contribution in [3.63, 3.8) is 0 Å². The minimum absolute atomic E-state index is 0.265. The van der Waals surface area contributed by atoms with Crippen molar-refractivity contribution in [2.75, 3.05) is 24.9 Å². The zero-order chi connectivity index (χ0) is 19.3. The van der Waals surface area contributed by atoms with Crippen molar-refractivity contribution in [2.24, 2.45) is 0 Å². The number of nitrogens with one attached hydrogen (secondary N) is 2. The average Bonchev–Trinajstić information content (AvgIpc) is 2.90. The molecule has 2 N–H and O–H groups in total. The van der Waals surface area contributed by atoms with E-state index in [1.807, 2.05) is 24.3 Å². The summed E-state index contributed by atoms with van der Waals surface area (Å²) < 4.78 is 33.9. The predicted molar refractivity (Wildman–Crippen MR) is 109 cm³/mol. The number of ether oxygens (including phenoxy) is 1. The normalized spacial score (nSPS) is 14.3. The molecule has 0 atom stereocenters. The number of methoxy groups -OCH3 is 1. The smallest absolute Gasteiger partial charge is 0.262 e. The molecule has 0 radical (unpaired) electrons. The molecule has 0 saturated heterocycles. The lowest BCUT2D eigenvalue weighted by atomic mass is 10.0. The minimum atomic E-state index is -3.66. The Kier molecular flexibility index (Phi) is 6.39. The monoisotopic (exact) mass is 388 g/mol. The molecule has 3 rings (SSSR count). The lowest BCUT2D eigenvalue weighted by molar-refractivity contribution is 0.416. The van der Waals surface area contributed by atoms with Gasteiger partial charge in [0.1, 0.15) is 5.75 Å². The van der Waals surface area contributed by atoms with Gasteiger partial charge < -0.3 is 10.1 Å². The lowest BCUT2D eigenvalue weighted by Crippen LogP contribution is -2.16. The largest absolute Gasteiger partial charge is 0.495 e. The minimum Gasteiger partial charge on any atom is -0.495 e. The molecule has 1 aliphatic heterocycles. The maximum atomic E-state index is 12.9. The van der Waals surface area contributed by atoms with Gasteiger partial charge in [0.05, 0.1) is 17.7 Å². The van der Waals surface area contributed by atoms with E-state index in [2.05, 4.69) is 17.0 Å². The number of sulfonamides is 1. The molecular formula is C21H28N2O3S. The molecule has 0 saturated carbocycles. The van der Waals surface area contributed by atoms with Gasteiger partial charge in [0.15, 0.2) is 0 Å². The second-order valence-electron chi connectivity index (χ2n) is 6.92. The van der Waals surface area contributed by atoms with E-state index in [-0.39, 0.29) is 4.90 Å². The maximum Gasteiger partial charge on any atom is 0.262 e. The van der Waals surface area contributed by atoms with Crippen molar-refractivity contribution in [3.05, 3.63) is 53.1 Å². The quantitative estimate of drug-likeness (QED) is 0.761. The van der Waals surface area contributed by atoms with Gasteiger partial charge in [-0.1, -0.05) is 25.5 Å². The van der Waals surface area contributed by atoms with Gasteiger partial charge in [-0.3, -0.25) is 4.72 Å². The predicted octanol–water partition coefficient (Wildman–Crippen LogP) is 3.53. The van der Waals surface area contributed by atoms with Crippen LogP contribution in [0.2, 0.25) is 0 Å². The van der Waals surface area contributed by atoms with E-state index in [4.69, 9.17) is 4.74 Å². The van der Waals surface area contributed by atoms with Crippen molar-refractivity contribution < 1.29 is 13.2 Å². The molecule has 146 valence electrons. The van der Waals surface area contributed by atoms with E-state index in [9.17, 15) is 8.42 Å². The summed E-state index contributed by atoms with van der Waals surface area (Å²) in [5.41, 5.74) is 4.02. The van der Waals surface area contributed by atoms with Crippen LogP contribution in [-0.2, 0) is 29.3 Å². The van der Waals surface area contributed by atoms with Gasteiger partial charge in [-0.25, -0.2) is 8.42 Å². The molecule has 27 heavy (non-hydrogen) atoms. The van der Waals surface area contributed by atoms with Crippen LogP contribution in [-0.4, -0.2) is 28.6 Å². The topological polar surface area (TPSA) is 67.4 Å². The van der Waals surface area contributed by atoms with Crippen molar-refractivity contribution in [1.82, 2.24) is 5.32 Å². The zero-order valence-electron chi connectivity index (χ0n) is 16.0. The van der Waals surface area contributed by atoms with Crippen LogP contribution in [0, 0.1) is 0 Å². The third-order valence-electron chi connectivity index (χ3n) is 4.96. The number of rotatable bonds is 7. The average molecular weight is 389 g/mol. The highest BCUT2D eigenvalue weighted by Crippen LogP contribution is 2.31. The Hall–Kier alpha value is -2.05. The molecule has 1 aliphatic rings. The summed E-state index contributed by atoms with van der Waals surface area (Å²) in [4.78, 5) is 0.265. The van der Waals surface area contributed by atoms with Gasteiger partial charge in [0, 0.05) is 0 Å². The molecule has 0 bridgehead atoms. The maximum absolute atomic E-state index is 12.9. The number of anilines is 1. The van der Waals surface area contributed by atoms with Gasteiger partial charge >= 0.3 is 0 Å². The first-order chi connectivity index (χ1) is 13.0. The summed E-state index contributed by atoms with van der Waals surface area (Å²) in [6.07, 6.45) is 4.98. The highest BCUT2D eigenvalue weighted by atomic mass is 32.2. The molecule has 5 nitrogen and oxygen atoms in total. The lowest BCUT2D eigenvalue weighted by Gasteiger charge is -2.16. The second-order valence-corrected chi connectivity index (χ2v) is 8.61. The molecule has 0 fully saturated rings. The van der Waals surface area contributed by atoms with E-state index in [0.717, 1.165) is 56.3 Å². The number of fused-ring (bicyclic) bond motifs is 1. The molecule has 0 aromatic heterocycles. The van der Waals surface area contributed by atoms with Crippen LogP contribution in [0.3, 0.4) is 0 Å². The SMILES string of the molecule is CCCCc1ccc(S(=O)(=O)Nc2cc3c(cc2OC)CCNCC3)cc1. The van der Waals surface area contributed by atoms with Crippen LogP contribution >= 0.6 is 0 Å². The Balaban J connectivity index is 1.85. The fourth-order valence-corrected chi connectivity index (χ4v) is 4.43. The van der Waals surface area contributed by atoms with Crippen molar-refractivity contribution >= 4 is 15.7 Å². The molecular weight excluding hydrogens is 360 g/mol. The van der Waals surface area contributed by atoms with Crippen LogP contribution in [0.15, 0.2) is 41.3 Å². The summed E-state index contributed by atoms with van der Waals surface area (Å²) in [5, 5.41) is 3.37. The molecule has 6 heteroatoms. The number of benzene rings is 2. The summed E-state index contributed by atoms with van der Waals surface area (Å²) in [6, 6.07) is 11.0. The molecule has 0 aliphatic carbocycles. The van der Waals surface area contributed by atoms with Crippen LogP contribution in [0.1, 0.15) is 36.5 Å². The highest BCUT2D eigenvalue weighted by Gasteiger charge is 2.19. The molecule has 0 amide bonds. The van der Waals surface area contributed by atoms with E-state index in [1.165, 1.54) is 5.56 Å². The number of hydrogen-bond donors (Lipinski definition) is 2. The van der Waals surface area contributed by atoms with Gasteiger partial charge in [0.25, 0.3) is 10.0 Å². The highest BCUT2D eigenvalue weighted by molar-refractivity contribution is 7.92. The van der Waals surface area contributed by atoms with Gasteiger partial charge in [-0.15, -0.1) is 0 Å².